The van der Waals surface area contributed by atoms with E-state index in [2.05, 4.69) is 22.0 Å². The van der Waals surface area contributed by atoms with Crippen LogP contribution in [-0.4, -0.2) is 28.6 Å². The first kappa shape index (κ1) is 23.9. The van der Waals surface area contributed by atoms with Crippen molar-refractivity contribution in [1.29, 1.82) is 0 Å². The summed E-state index contributed by atoms with van der Waals surface area (Å²) in [7, 11) is 0. The number of allylic oxidation sites excluding steroid dienone is 1. The molecule has 0 radical (unpaired) electrons. The van der Waals surface area contributed by atoms with E-state index in [1.165, 1.54) is 0 Å². The molecule has 0 aliphatic heterocycles. The number of imidazole rings is 1. The van der Waals surface area contributed by atoms with Gasteiger partial charge in [0.1, 0.15) is 18.2 Å². The van der Waals surface area contributed by atoms with Crippen LogP contribution in [0.15, 0.2) is 48.6 Å². The summed E-state index contributed by atoms with van der Waals surface area (Å²) in [5.41, 5.74) is 4.20. The molecule has 5 nitrogen and oxygen atoms in total. The van der Waals surface area contributed by atoms with E-state index in [9.17, 15) is 4.79 Å². The second-order valence-electron chi connectivity index (χ2n) is 7.99. The molecule has 1 heterocycles. The lowest BCUT2D eigenvalue weighted by Gasteiger charge is -2.13. The van der Waals surface area contributed by atoms with Crippen molar-refractivity contribution in [3.63, 3.8) is 0 Å². The number of carbonyl (C=O) groups is 1. The van der Waals surface area contributed by atoms with Crippen LogP contribution in [0.2, 0.25) is 5.02 Å². The minimum atomic E-state index is -0.0274. The lowest BCUT2D eigenvalue weighted by atomic mass is 10.1. The first-order valence-electron chi connectivity index (χ1n) is 11.2. The van der Waals surface area contributed by atoms with Gasteiger partial charge in [0.15, 0.2) is 0 Å². The number of fused-ring (bicyclic) bond motifs is 1. The molecule has 0 aliphatic rings. The molecule has 1 N–H and O–H groups in total. The molecule has 32 heavy (non-hydrogen) atoms. The van der Waals surface area contributed by atoms with Gasteiger partial charge < -0.3 is 14.6 Å². The maximum Gasteiger partial charge on any atom is 0.243 e. The van der Waals surface area contributed by atoms with Crippen LogP contribution in [0, 0.1) is 13.8 Å². The number of carbonyl (C=O) groups excluding carboxylic acids is 1. The van der Waals surface area contributed by atoms with E-state index < -0.39 is 0 Å². The smallest absolute Gasteiger partial charge is 0.243 e. The molecule has 0 saturated carbocycles. The molecule has 0 saturated heterocycles. The minimum absolute atomic E-state index is 0.0274. The average molecular weight is 454 g/mol. The zero-order valence-corrected chi connectivity index (χ0v) is 19.9. The molecule has 0 bridgehead atoms. The van der Waals surface area contributed by atoms with Gasteiger partial charge in [-0.05, 0) is 75.1 Å². The number of para-hydroxylation sites is 2. The van der Waals surface area contributed by atoms with Gasteiger partial charge in [0.2, 0.25) is 5.91 Å². The fraction of sp³-hybridized carbons (Fsp3) is 0.385. The number of halogens is 1. The zero-order chi connectivity index (χ0) is 22.9. The number of aryl methyl sites for hydroxylation is 3. The number of ether oxygens (including phenoxy) is 1. The van der Waals surface area contributed by atoms with E-state index in [4.69, 9.17) is 21.3 Å². The Hall–Kier alpha value is -2.79. The highest BCUT2D eigenvalue weighted by Crippen LogP contribution is 2.26. The van der Waals surface area contributed by atoms with Crippen molar-refractivity contribution >= 4 is 28.5 Å². The summed E-state index contributed by atoms with van der Waals surface area (Å²) in [4.78, 5) is 16.3. The van der Waals surface area contributed by atoms with Crippen molar-refractivity contribution in [2.45, 2.75) is 53.0 Å². The molecular formula is C26H32ClN3O2. The zero-order valence-electron chi connectivity index (χ0n) is 19.2. The van der Waals surface area contributed by atoms with Gasteiger partial charge in [-0.3, -0.25) is 4.79 Å². The largest absolute Gasteiger partial charge is 0.492 e. The molecule has 0 fully saturated rings. The molecule has 170 valence electrons. The Kier molecular flexibility index (Phi) is 8.74. The van der Waals surface area contributed by atoms with Gasteiger partial charge in [-0.1, -0.05) is 36.2 Å². The molecule has 1 aromatic heterocycles. The summed E-state index contributed by atoms with van der Waals surface area (Å²) in [5.74, 6) is 1.90. The molecule has 0 spiro atoms. The predicted molar refractivity (Wildman–Crippen MR) is 132 cm³/mol. The molecular weight excluding hydrogens is 422 g/mol. The fourth-order valence-corrected chi connectivity index (χ4v) is 3.93. The van der Waals surface area contributed by atoms with Gasteiger partial charge in [-0.15, -0.1) is 0 Å². The Bertz CT molecular complexity index is 1060. The van der Waals surface area contributed by atoms with Crippen molar-refractivity contribution < 1.29 is 9.53 Å². The number of unbranched alkanes of at least 4 members (excludes halogenated alkanes) is 2. The van der Waals surface area contributed by atoms with Crippen molar-refractivity contribution in [3.8, 4) is 5.75 Å². The van der Waals surface area contributed by atoms with Crippen LogP contribution in [0.25, 0.3) is 11.0 Å². The second-order valence-corrected chi connectivity index (χ2v) is 8.37. The van der Waals surface area contributed by atoms with E-state index in [0.29, 0.717) is 13.2 Å². The third-order valence-corrected chi connectivity index (χ3v) is 6.02. The molecule has 3 aromatic rings. The Morgan fingerprint density at radius 1 is 1.16 bits per heavy atom. The van der Waals surface area contributed by atoms with Gasteiger partial charge in [-0.25, -0.2) is 4.98 Å². The molecule has 0 aliphatic carbocycles. The average Bonchev–Trinajstić information content (AvgIpc) is 3.12. The van der Waals surface area contributed by atoms with E-state index in [0.717, 1.165) is 71.0 Å². The van der Waals surface area contributed by atoms with Gasteiger partial charge in [0.05, 0.1) is 17.6 Å². The quantitative estimate of drug-likeness (QED) is 0.295. The van der Waals surface area contributed by atoms with Crippen LogP contribution in [0.1, 0.15) is 43.1 Å². The Labute approximate surface area is 195 Å². The molecule has 1 amide bonds. The molecule has 6 heteroatoms. The van der Waals surface area contributed by atoms with Gasteiger partial charge in [0.25, 0.3) is 0 Å². The maximum atomic E-state index is 11.5. The number of nitrogens with one attached hydrogen (secondary N) is 1. The summed E-state index contributed by atoms with van der Waals surface area (Å²) in [6.45, 7) is 7.83. The van der Waals surface area contributed by atoms with E-state index in [-0.39, 0.29) is 5.91 Å². The van der Waals surface area contributed by atoms with E-state index in [1.807, 2.05) is 45.0 Å². The first-order valence-corrected chi connectivity index (χ1v) is 11.6. The summed E-state index contributed by atoms with van der Waals surface area (Å²) < 4.78 is 8.31. The number of nitrogens with zero attached hydrogens (tertiary/aromatic N) is 2. The topological polar surface area (TPSA) is 56.2 Å². The van der Waals surface area contributed by atoms with E-state index >= 15 is 0 Å². The second kappa shape index (κ2) is 11.7. The molecule has 2 aromatic carbocycles. The van der Waals surface area contributed by atoms with Crippen LogP contribution in [0.3, 0.4) is 0 Å². The van der Waals surface area contributed by atoms with Crippen LogP contribution < -0.4 is 10.1 Å². The third kappa shape index (κ3) is 6.36. The Morgan fingerprint density at radius 2 is 1.91 bits per heavy atom. The van der Waals surface area contributed by atoms with Crippen molar-refractivity contribution in [3.05, 3.63) is 70.5 Å². The predicted octanol–water partition coefficient (Wildman–Crippen LogP) is 5.79. The van der Waals surface area contributed by atoms with Crippen LogP contribution in [-0.2, 0) is 17.8 Å². The van der Waals surface area contributed by atoms with Crippen molar-refractivity contribution in [1.82, 2.24) is 14.9 Å². The monoisotopic (exact) mass is 453 g/mol. The van der Waals surface area contributed by atoms with Gasteiger partial charge >= 0.3 is 0 Å². The number of rotatable bonds is 11. The summed E-state index contributed by atoms with van der Waals surface area (Å²) in [6.07, 6.45) is 7.23. The third-order valence-electron chi connectivity index (χ3n) is 5.42. The number of amides is 1. The maximum absolute atomic E-state index is 11.5. The first-order chi connectivity index (χ1) is 15.5. The van der Waals surface area contributed by atoms with Gasteiger partial charge in [-0.2, -0.15) is 0 Å². The molecule has 0 atom stereocenters. The van der Waals surface area contributed by atoms with Crippen LogP contribution >= 0.6 is 11.6 Å². The fourth-order valence-electron chi connectivity index (χ4n) is 3.82. The summed E-state index contributed by atoms with van der Waals surface area (Å²) in [5, 5.41) is 3.69. The summed E-state index contributed by atoms with van der Waals surface area (Å²) >= 11 is 6.27. The minimum Gasteiger partial charge on any atom is -0.492 e. The number of aromatic nitrogens is 2. The number of benzene rings is 2. The molecule has 0 unspecified atom stereocenters. The van der Waals surface area contributed by atoms with Crippen LogP contribution in [0.5, 0.6) is 5.75 Å². The highest BCUT2D eigenvalue weighted by Gasteiger charge is 2.11. The summed E-state index contributed by atoms with van der Waals surface area (Å²) in [6, 6.07) is 12.2. The highest BCUT2D eigenvalue weighted by atomic mass is 35.5. The standard InChI is InChI=1S/C26H32ClN3O2/c1-4-10-25(31)28-14-9-5-6-13-24-29-22-11-7-8-12-23(22)30(24)15-16-32-21-17-19(2)26(27)20(3)18-21/h4,7-8,10-12,17-18H,5-6,9,13-16H2,1-3H3,(H,28,31)/b10-4+. The molecule has 3 rings (SSSR count). The van der Waals surface area contributed by atoms with Crippen LogP contribution in [0.4, 0.5) is 0 Å². The Balaban J connectivity index is 1.57. The SMILES string of the molecule is C/C=C/C(=O)NCCCCCc1nc2ccccc2n1CCOc1cc(C)c(Cl)c(C)c1. The normalized spacial score (nSPS) is 11.4. The van der Waals surface area contributed by atoms with Gasteiger partial charge in [0, 0.05) is 18.0 Å². The van der Waals surface area contributed by atoms with Crippen molar-refractivity contribution in [2.75, 3.05) is 13.2 Å². The Morgan fingerprint density at radius 3 is 2.66 bits per heavy atom. The number of hydrogen-bond acceptors (Lipinski definition) is 3. The van der Waals surface area contributed by atoms with Crippen molar-refractivity contribution in [2.24, 2.45) is 0 Å². The lowest BCUT2D eigenvalue weighted by Crippen LogP contribution is -2.22. The number of hydrogen-bond donors (Lipinski definition) is 1. The lowest BCUT2D eigenvalue weighted by molar-refractivity contribution is -0.116. The van der Waals surface area contributed by atoms with E-state index in [1.54, 1.807) is 12.2 Å². The highest BCUT2D eigenvalue weighted by molar-refractivity contribution is 6.32.